The second-order valence-corrected chi connectivity index (χ2v) is 4.09. The first kappa shape index (κ1) is 11.6. The Morgan fingerprint density at radius 3 is 2.86 bits per heavy atom. The predicted molar refractivity (Wildman–Crippen MR) is 57.3 cm³/mol. The standard InChI is InChI=1S/C9H17N3OS/c1-3-7(10)9-12-11-8(14-9)5-6-13-4-2/h7H,3-6,10H2,1-2H3. The lowest BCUT2D eigenvalue weighted by Gasteiger charge is -2.00. The molecule has 0 aliphatic carbocycles. The molecule has 0 aromatic carbocycles. The fourth-order valence-electron chi connectivity index (χ4n) is 0.996. The first-order valence-corrected chi connectivity index (χ1v) is 5.75. The van der Waals surface area contributed by atoms with Crippen LogP contribution < -0.4 is 5.73 Å². The summed E-state index contributed by atoms with van der Waals surface area (Å²) in [5.41, 5.74) is 5.84. The second-order valence-electron chi connectivity index (χ2n) is 3.00. The van der Waals surface area contributed by atoms with Crippen molar-refractivity contribution in [2.75, 3.05) is 13.2 Å². The number of aromatic nitrogens is 2. The highest BCUT2D eigenvalue weighted by Crippen LogP contribution is 2.18. The lowest BCUT2D eigenvalue weighted by atomic mass is 10.3. The molecule has 2 N–H and O–H groups in total. The summed E-state index contributed by atoms with van der Waals surface area (Å²) in [7, 11) is 0. The number of ether oxygens (including phenoxy) is 1. The van der Waals surface area contributed by atoms with E-state index >= 15 is 0 Å². The van der Waals surface area contributed by atoms with Crippen LogP contribution in [-0.2, 0) is 11.2 Å². The average molecular weight is 215 g/mol. The van der Waals surface area contributed by atoms with E-state index in [-0.39, 0.29) is 6.04 Å². The fourth-order valence-corrected chi connectivity index (χ4v) is 1.90. The number of nitrogens with zero attached hydrogens (tertiary/aromatic N) is 2. The summed E-state index contributed by atoms with van der Waals surface area (Å²) in [5.74, 6) is 0. The lowest BCUT2D eigenvalue weighted by molar-refractivity contribution is 0.150. The smallest absolute Gasteiger partial charge is 0.134 e. The highest BCUT2D eigenvalue weighted by molar-refractivity contribution is 7.11. The van der Waals surface area contributed by atoms with E-state index in [0.717, 1.165) is 29.5 Å². The van der Waals surface area contributed by atoms with Gasteiger partial charge in [-0.05, 0) is 13.3 Å². The average Bonchev–Trinajstić information content (AvgIpc) is 2.66. The van der Waals surface area contributed by atoms with Crippen LogP contribution in [0.4, 0.5) is 0 Å². The van der Waals surface area contributed by atoms with Crippen LogP contribution >= 0.6 is 11.3 Å². The van der Waals surface area contributed by atoms with Crippen LogP contribution in [0.15, 0.2) is 0 Å². The van der Waals surface area contributed by atoms with Gasteiger partial charge >= 0.3 is 0 Å². The van der Waals surface area contributed by atoms with Crippen molar-refractivity contribution in [3.8, 4) is 0 Å². The number of rotatable bonds is 6. The van der Waals surface area contributed by atoms with Crippen LogP contribution in [0.25, 0.3) is 0 Å². The molecule has 1 aromatic rings. The molecule has 80 valence electrons. The zero-order valence-corrected chi connectivity index (χ0v) is 9.51. The summed E-state index contributed by atoms with van der Waals surface area (Å²) in [4.78, 5) is 0. The minimum atomic E-state index is 0.0355. The van der Waals surface area contributed by atoms with Gasteiger partial charge in [0.15, 0.2) is 0 Å². The van der Waals surface area contributed by atoms with Crippen LogP contribution in [0.2, 0.25) is 0 Å². The van der Waals surface area contributed by atoms with Gasteiger partial charge < -0.3 is 10.5 Å². The van der Waals surface area contributed by atoms with Crippen molar-refractivity contribution < 1.29 is 4.74 Å². The van der Waals surface area contributed by atoms with E-state index in [0.29, 0.717) is 6.61 Å². The van der Waals surface area contributed by atoms with Gasteiger partial charge in [-0.15, -0.1) is 10.2 Å². The molecule has 1 rings (SSSR count). The molecule has 1 aromatic heterocycles. The Morgan fingerprint density at radius 1 is 1.43 bits per heavy atom. The third-order valence-corrected chi connectivity index (χ3v) is 3.02. The van der Waals surface area contributed by atoms with Gasteiger partial charge in [0, 0.05) is 13.0 Å². The summed E-state index contributed by atoms with van der Waals surface area (Å²) >= 11 is 1.59. The maximum absolute atomic E-state index is 5.84. The maximum Gasteiger partial charge on any atom is 0.134 e. The van der Waals surface area contributed by atoms with Crippen molar-refractivity contribution in [1.82, 2.24) is 10.2 Å². The largest absolute Gasteiger partial charge is 0.381 e. The molecular weight excluding hydrogens is 198 g/mol. The molecular formula is C9H17N3OS. The van der Waals surface area contributed by atoms with E-state index in [1.54, 1.807) is 11.3 Å². The third-order valence-electron chi connectivity index (χ3n) is 1.90. The van der Waals surface area contributed by atoms with Gasteiger partial charge in [0.25, 0.3) is 0 Å². The summed E-state index contributed by atoms with van der Waals surface area (Å²) in [6.45, 7) is 5.50. The molecule has 0 saturated carbocycles. The molecule has 1 unspecified atom stereocenters. The Labute approximate surface area is 88.5 Å². The van der Waals surface area contributed by atoms with E-state index in [9.17, 15) is 0 Å². The second kappa shape index (κ2) is 6.06. The summed E-state index contributed by atoms with van der Waals surface area (Å²) in [5, 5.41) is 10.1. The topological polar surface area (TPSA) is 61.0 Å². The Morgan fingerprint density at radius 2 is 2.21 bits per heavy atom. The van der Waals surface area contributed by atoms with Gasteiger partial charge in [-0.3, -0.25) is 0 Å². The van der Waals surface area contributed by atoms with Gasteiger partial charge in [-0.1, -0.05) is 18.3 Å². The zero-order chi connectivity index (χ0) is 10.4. The fraction of sp³-hybridized carbons (Fsp3) is 0.778. The molecule has 1 atom stereocenters. The molecule has 0 aliphatic rings. The summed E-state index contributed by atoms with van der Waals surface area (Å²) < 4.78 is 5.24. The summed E-state index contributed by atoms with van der Waals surface area (Å²) in [6, 6.07) is 0.0355. The highest BCUT2D eigenvalue weighted by atomic mass is 32.1. The van der Waals surface area contributed by atoms with Crippen LogP contribution in [-0.4, -0.2) is 23.4 Å². The Kier molecular flexibility index (Phi) is 5.00. The van der Waals surface area contributed by atoms with Gasteiger partial charge in [0.1, 0.15) is 10.0 Å². The van der Waals surface area contributed by atoms with Crippen LogP contribution in [0.1, 0.15) is 36.3 Å². The van der Waals surface area contributed by atoms with Gasteiger partial charge in [0.05, 0.1) is 12.6 Å². The SMILES string of the molecule is CCOCCc1nnc(C(N)CC)s1. The molecule has 4 nitrogen and oxygen atoms in total. The van der Waals surface area contributed by atoms with Crippen molar-refractivity contribution in [2.24, 2.45) is 5.73 Å². The van der Waals surface area contributed by atoms with Crippen LogP contribution in [0.3, 0.4) is 0 Å². The molecule has 0 fully saturated rings. The minimum Gasteiger partial charge on any atom is -0.381 e. The maximum atomic E-state index is 5.84. The monoisotopic (exact) mass is 215 g/mol. The van der Waals surface area contributed by atoms with Crippen molar-refractivity contribution in [3.05, 3.63) is 10.0 Å². The zero-order valence-electron chi connectivity index (χ0n) is 8.69. The molecule has 0 amide bonds. The summed E-state index contributed by atoms with van der Waals surface area (Å²) in [6.07, 6.45) is 1.74. The molecule has 0 aliphatic heterocycles. The van der Waals surface area contributed by atoms with Crippen molar-refractivity contribution in [1.29, 1.82) is 0 Å². The van der Waals surface area contributed by atoms with E-state index in [1.807, 2.05) is 13.8 Å². The first-order valence-electron chi connectivity index (χ1n) is 4.93. The van der Waals surface area contributed by atoms with Crippen LogP contribution in [0, 0.1) is 0 Å². The Balaban J connectivity index is 2.42. The van der Waals surface area contributed by atoms with Gasteiger partial charge in [-0.2, -0.15) is 0 Å². The Hall–Kier alpha value is -0.520. The molecule has 0 spiro atoms. The molecule has 0 bridgehead atoms. The first-order chi connectivity index (χ1) is 6.77. The van der Waals surface area contributed by atoms with E-state index in [1.165, 1.54) is 0 Å². The van der Waals surface area contributed by atoms with Crippen LogP contribution in [0.5, 0.6) is 0 Å². The molecule has 14 heavy (non-hydrogen) atoms. The van der Waals surface area contributed by atoms with Gasteiger partial charge in [-0.25, -0.2) is 0 Å². The third kappa shape index (κ3) is 3.32. The van der Waals surface area contributed by atoms with E-state index in [4.69, 9.17) is 10.5 Å². The van der Waals surface area contributed by atoms with E-state index in [2.05, 4.69) is 10.2 Å². The number of hydrogen-bond donors (Lipinski definition) is 1. The van der Waals surface area contributed by atoms with Crippen molar-refractivity contribution in [2.45, 2.75) is 32.7 Å². The van der Waals surface area contributed by atoms with Gasteiger partial charge in [0.2, 0.25) is 0 Å². The predicted octanol–water partition coefficient (Wildman–Crippen LogP) is 1.53. The van der Waals surface area contributed by atoms with E-state index < -0.39 is 0 Å². The lowest BCUT2D eigenvalue weighted by Crippen LogP contribution is -2.07. The minimum absolute atomic E-state index is 0.0355. The Bertz CT molecular complexity index is 264. The molecule has 5 heteroatoms. The van der Waals surface area contributed by atoms with Crippen molar-refractivity contribution >= 4 is 11.3 Å². The number of hydrogen-bond acceptors (Lipinski definition) is 5. The normalized spacial score (nSPS) is 13.1. The molecule has 0 radical (unpaired) electrons. The quantitative estimate of drug-likeness (QED) is 0.731. The number of nitrogens with two attached hydrogens (primary N) is 1. The van der Waals surface area contributed by atoms with Crippen molar-refractivity contribution in [3.63, 3.8) is 0 Å². The molecule has 1 heterocycles. The highest BCUT2D eigenvalue weighted by Gasteiger charge is 2.09. The molecule has 0 saturated heterocycles.